The fourth-order valence-corrected chi connectivity index (χ4v) is 2.66. The van der Waals surface area contributed by atoms with Crippen LogP contribution >= 0.6 is 23.2 Å². The van der Waals surface area contributed by atoms with Crippen molar-refractivity contribution in [1.29, 1.82) is 0 Å². The van der Waals surface area contributed by atoms with E-state index in [-0.39, 0.29) is 5.91 Å². The maximum atomic E-state index is 12.5. The average Bonchev–Trinajstić information content (AvgIpc) is 2.94. The van der Waals surface area contributed by atoms with Gasteiger partial charge in [-0.05, 0) is 38.7 Å². The van der Waals surface area contributed by atoms with Crippen molar-refractivity contribution in [2.75, 3.05) is 27.2 Å². The molecule has 0 aliphatic rings. The van der Waals surface area contributed by atoms with Crippen LogP contribution in [-0.4, -0.2) is 47.8 Å². The number of aromatic nitrogens is 2. The molecule has 0 unspecified atom stereocenters. The van der Waals surface area contributed by atoms with Gasteiger partial charge >= 0.3 is 0 Å². The number of nitrogens with one attached hydrogen (secondary N) is 1. The van der Waals surface area contributed by atoms with Crippen LogP contribution < -0.4 is 5.32 Å². The van der Waals surface area contributed by atoms with E-state index in [1.165, 1.54) is 0 Å². The Morgan fingerprint density at radius 1 is 1.29 bits per heavy atom. The summed E-state index contributed by atoms with van der Waals surface area (Å²) in [6, 6.07) is 5.32. The summed E-state index contributed by atoms with van der Waals surface area (Å²) in [6.45, 7) is 3.45. The average molecular weight is 369 g/mol. The summed E-state index contributed by atoms with van der Waals surface area (Å²) in [5, 5.41) is 8.27. The zero-order valence-electron chi connectivity index (χ0n) is 14.1. The van der Waals surface area contributed by atoms with Crippen molar-refractivity contribution in [3.63, 3.8) is 0 Å². The summed E-state index contributed by atoms with van der Waals surface area (Å²) in [5.41, 5.74) is 2.26. The first-order valence-electron chi connectivity index (χ1n) is 7.89. The van der Waals surface area contributed by atoms with Gasteiger partial charge in [0.15, 0.2) is 0 Å². The van der Waals surface area contributed by atoms with Crippen molar-refractivity contribution >= 4 is 29.1 Å². The van der Waals surface area contributed by atoms with E-state index in [9.17, 15) is 4.79 Å². The minimum absolute atomic E-state index is 0.105. The van der Waals surface area contributed by atoms with Crippen LogP contribution in [0.3, 0.4) is 0 Å². The molecule has 2 rings (SSSR count). The summed E-state index contributed by atoms with van der Waals surface area (Å²) in [4.78, 5) is 14.5. The smallest absolute Gasteiger partial charge is 0.254 e. The molecule has 0 radical (unpaired) electrons. The summed E-state index contributed by atoms with van der Waals surface area (Å²) in [5.74, 6) is -0.105. The first-order chi connectivity index (χ1) is 11.4. The van der Waals surface area contributed by atoms with Crippen LogP contribution in [0, 0.1) is 0 Å². The Labute approximate surface area is 152 Å². The fraction of sp³-hybridized carbons (Fsp3) is 0.412. The van der Waals surface area contributed by atoms with Gasteiger partial charge in [-0.1, -0.05) is 36.5 Å². The number of hydrogen-bond acceptors (Lipinski definition) is 3. The molecule has 0 aliphatic heterocycles. The van der Waals surface area contributed by atoms with Crippen molar-refractivity contribution in [3.8, 4) is 5.69 Å². The molecule has 1 N–H and O–H groups in total. The van der Waals surface area contributed by atoms with Gasteiger partial charge in [0.25, 0.3) is 5.91 Å². The third-order valence-corrected chi connectivity index (χ3v) is 4.33. The third kappa shape index (κ3) is 4.50. The molecule has 1 aromatic heterocycles. The Hall–Kier alpha value is -1.56. The van der Waals surface area contributed by atoms with Crippen molar-refractivity contribution in [2.45, 2.75) is 19.8 Å². The molecule has 0 spiro atoms. The Morgan fingerprint density at radius 2 is 2.04 bits per heavy atom. The van der Waals surface area contributed by atoms with Gasteiger partial charge in [0.05, 0.1) is 33.2 Å². The molecule has 24 heavy (non-hydrogen) atoms. The van der Waals surface area contributed by atoms with E-state index >= 15 is 0 Å². The number of rotatable bonds is 7. The molecule has 0 saturated carbocycles. The minimum atomic E-state index is -0.105. The van der Waals surface area contributed by atoms with E-state index in [0.717, 1.165) is 30.8 Å². The van der Waals surface area contributed by atoms with E-state index < -0.39 is 0 Å². The van der Waals surface area contributed by atoms with Crippen LogP contribution in [0.2, 0.25) is 10.0 Å². The first kappa shape index (κ1) is 18.8. The van der Waals surface area contributed by atoms with E-state index in [2.05, 4.69) is 17.3 Å². The number of carbonyl (C=O) groups excluding carboxylic acids is 1. The number of nitrogens with zero attached hydrogens (tertiary/aromatic N) is 3. The van der Waals surface area contributed by atoms with Gasteiger partial charge in [0.1, 0.15) is 0 Å². The zero-order valence-corrected chi connectivity index (χ0v) is 15.7. The van der Waals surface area contributed by atoms with Crippen LogP contribution in [0.4, 0.5) is 0 Å². The van der Waals surface area contributed by atoms with Crippen molar-refractivity contribution in [2.24, 2.45) is 0 Å². The van der Waals surface area contributed by atoms with E-state index in [1.807, 2.05) is 25.1 Å². The zero-order chi connectivity index (χ0) is 17.7. The maximum Gasteiger partial charge on any atom is 0.254 e. The summed E-state index contributed by atoms with van der Waals surface area (Å²) >= 11 is 12.1. The maximum absolute atomic E-state index is 12.5. The quantitative estimate of drug-likeness (QED) is 0.814. The Balaban J connectivity index is 2.29. The highest BCUT2D eigenvalue weighted by atomic mass is 35.5. The van der Waals surface area contributed by atoms with Crippen LogP contribution in [0.1, 0.15) is 29.4 Å². The lowest BCUT2D eigenvalue weighted by Gasteiger charge is -2.12. The second kappa shape index (κ2) is 8.51. The summed E-state index contributed by atoms with van der Waals surface area (Å²) < 4.78 is 1.76. The molecule has 0 aliphatic carbocycles. The number of amides is 1. The standard InChI is InChI=1S/C17H22Cl2N4O/c1-4-5-16-13(17(24)20-8-9-22(2)3)11-21-23(16)12-6-7-14(18)15(19)10-12/h6-7,10-11H,4-5,8-9H2,1-3H3,(H,20,24). The highest BCUT2D eigenvalue weighted by Crippen LogP contribution is 2.26. The SMILES string of the molecule is CCCc1c(C(=O)NCCN(C)C)cnn1-c1ccc(Cl)c(Cl)c1. The molecule has 1 heterocycles. The fourth-order valence-electron chi connectivity index (χ4n) is 2.37. The predicted octanol–water partition coefficient (Wildman–Crippen LogP) is 3.42. The number of likely N-dealkylation sites (N-methyl/N-ethyl adjacent to an activating group) is 1. The lowest BCUT2D eigenvalue weighted by Crippen LogP contribution is -2.31. The topological polar surface area (TPSA) is 50.2 Å². The van der Waals surface area contributed by atoms with E-state index in [0.29, 0.717) is 22.2 Å². The van der Waals surface area contributed by atoms with Gasteiger partial charge in [0, 0.05) is 13.1 Å². The molecule has 1 aromatic carbocycles. The van der Waals surface area contributed by atoms with Crippen molar-refractivity contribution in [3.05, 3.63) is 45.7 Å². The van der Waals surface area contributed by atoms with Gasteiger partial charge in [-0.25, -0.2) is 4.68 Å². The number of hydrogen-bond donors (Lipinski definition) is 1. The summed E-state index contributed by atoms with van der Waals surface area (Å²) in [7, 11) is 3.94. The van der Waals surface area contributed by atoms with E-state index in [4.69, 9.17) is 23.2 Å². The van der Waals surface area contributed by atoms with Crippen LogP contribution in [0.15, 0.2) is 24.4 Å². The highest BCUT2D eigenvalue weighted by molar-refractivity contribution is 6.42. The number of carbonyl (C=O) groups is 1. The van der Waals surface area contributed by atoms with Gasteiger partial charge in [-0.15, -0.1) is 0 Å². The molecule has 130 valence electrons. The summed E-state index contributed by atoms with van der Waals surface area (Å²) in [6.07, 6.45) is 3.26. The Kier molecular flexibility index (Phi) is 6.66. The normalized spacial score (nSPS) is 11.1. The molecule has 5 nitrogen and oxygen atoms in total. The molecule has 1 amide bonds. The Bertz CT molecular complexity index is 713. The third-order valence-electron chi connectivity index (χ3n) is 3.59. The second-order valence-electron chi connectivity index (χ2n) is 5.82. The van der Waals surface area contributed by atoms with Gasteiger partial charge in [-0.3, -0.25) is 4.79 Å². The minimum Gasteiger partial charge on any atom is -0.351 e. The monoisotopic (exact) mass is 368 g/mol. The molecule has 2 aromatic rings. The molecule has 7 heteroatoms. The molecule has 0 fully saturated rings. The van der Waals surface area contributed by atoms with Crippen molar-refractivity contribution in [1.82, 2.24) is 20.0 Å². The lowest BCUT2D eigenvalue weighted by atomic mass is 10.1. The molecule has 0 bridgehead atoms. The number of benzene rings is 1. The van der Waals surface area contributed by atoms with Crippen LogP contribution in [0.5, 0.6) is 0 Å². The molecule has 0 atom stereocenters. The largest absolute Gasteiger partial charge is 0.351 e. The predicted molar refractivity (Wildman–Crippen MR) is 98.5 cm³/mol. The molecular weight excluding hydrogens is 347 g/mol. The first-order valence-corrected chi connectivity index (χ1v) is 8.65. The molecular formula is C17H22Cl2N4O. The second-order valence-corrected chi connectivity index (χ2v) is 6.64. The van der Waals surface area contributed by atoms with E-state index in [1.54, 1.807) is 23.0 Å². The van der Waals surface area contributed by atoms with Gasteiger partial charge < -0.3 is 10.2 Å². The highest BCUT2D eigenvalue weighted by Gasteiger charge is 2.18. The van der Waals surface area contributed by atoms with Gasteiger partial charge in [0.2, 0.25) is 0 Å². The van der Waals surface area contributed by atoms with Gasteiger partial charge in [-0.2, -0.15) is 5.10 Å². The van der Waals surface area contributed by atoms with Crippen LogP contribution in [0.25, 0.3) is 5.69 Å². The van der Waals surface area contributed by atoms with Crippen molar-refractivity contribution < 1.29 is 4.79 Å². The Morgan fingerprint density at radius 3 is 2.67 bits per heavy atom. The molecule has 0 saturated heterocycles. The van der Waals surface area contributed by atoms with Crippen LogP contribution in [-0.2, 0) is 6.42 Å². The lowest BCUT2D eigenvalue weighted by molar-refractivity contribution is 0.0950. The number of halogens is 2.